The number of hydrogen-bond donors (Lipinski definition) is 1. The Kier molecular flexibility index (Phi) is 3.48. The van der Waals surface area contributed by atoms with Gasteiger partial charge in [0.15, 0.2) is 0 Å². The van der Waals surface area contributed by atoms with E-state index < -0.39 is 7.60 Å². The molecule has 4 nitrogen and oxygen atoms in total. The third kappa shape index (κ3) is 2.84. The van der Waals surface area contributed by atoms with E-state index in [0.717, 1.165) is 0 Å². The van der Waals surface area contributed by atoms with Crippen molar-refractivity contribution in [3.63, 3.8) is 0 Å². The van der Waals surface area contributed by atoms with E-state index in [-0.39, 0.29) is 6.16 Å². The largest absolute Gasteiger partial charge is 0.423 e. The van der Waals surface area contributed by atoms with E-state index in [1.54, 1.807) is 31.2 Å². The van der Waals surface area contributed by atoms with Crippen LogP contribution < -0.4 is 4.52 Å². The summed E-state index contributed by atoms with van der Waals surface area (Å²) in [7, 11) is -3.35. The molecule has 1 aromatic rings. The van der Waals surface area contributed by atoms with Gasteiger partial charge >= 0.3 is 7.60 Å². The summed E-state index contributed by atoms with van der Waals surface area (Å²) in [4.78, 5) is 0. The molecule has 0 aliphatic rings. The van der Waals surface area contributed by atoms with Gasteiger partial charge < -0.3 is 4.52 Å². The normalized spacial score (nSPS) is 14.9. The van der Waals surface area contributed by atoms with Gasteiger partial charge in [-0.05, 0) is 12.1 Å². The fraction of sp³-hybridized carbons (Fsp3) is 0.250. The maximum absolute atomic E-state index is 11.4. The molecule has 0 aromatic heterocycles. The zero-order valence-electron chi connectivity index (χ0n) is 7.21. The second kappa shape index (κ2) is 4.42. The Morgan fingerprint density at radius 2 is 2.00 bits per heavy atom. The Morgan fingerprint density at radius 1 is 1.38 bits per heavy atom. The van der Waals surface area contributed by atoms with Crippen LogP contribution >= 0.6 is 7.60 Å². The van der Waals surface area contributed by atoms with Crippen molar-refractivity contribution in [3.8, 4) is 5.75 Å². The lowest BCUT2D eigenvalue weighted by molar-refractivity contribution is -0.144. The molecule has 0 saturated heterocycles. The van der Waals surface area contributed by atoms with E-state index in [2.05, 4.69) is 4.67 Å². The standard InChI is InChI=1S/C8H11O4P/c1-2-13(10,12-9)11-8-6-4-3-5-7-8/h3-7,9H,2H2,1H3. The van der Waals surface area contributed by atoms with E-state index in [9.17, 15) is 4.57 Å². The Morgan fingerprint density at radius 3 is 2.46 bits per heavy atom. The average molecular weight is 202 g/mol. The van der Waals surface area contributed by atoms with Crippen LogP contribution in [0.25, 0.3) is 0 Å². The van der Waals surface area contributed by atoms with Crippen molar-refractivity contribution in [1.82, 2.24) is 0 Å². The van der Waals surface area contributed by atoms with Gasteiger partial charge in [0.2, 0.25) is 0 Å². The van der Waals surface area contributed by atoms with Gasteiger partial charge in [-0.1, -0.05) is 25.1 Å². The van der Waals surface area contributed by atoms with Crippen LogP contribution in [-0.4, -0.2) is 11.4 Å². The van der Waals surface area contributed by atoms with Crippen LogP contribution in [0.5, 0.6) is 5.75 Å². The molecule has 0 bridgehead atoms. The predicted octanol–water partition coefficient (Wildman–Crippen LogP) is 2.77. The minimum absolute atomic E-state index is 0.123. The smallest absolute Gasteiger partial charge is 0.405 e. The molecular weight excluding hydrogens is 191 g/mol. The first kappa shape index (κ1) is 10.3. The lowest BCUT2D eigenvalue weighted by Crippen LogP contribution is -1.97. The summed E-state index contributed by atoms with van der Waals surface area (Å²) in [6, 6.07) is 8.58. The molecule has 1 aromatic carbocycles. The van der Waals surface area contributed by atoms with Crippen molar-refractivity contribution in [2.24, 2.45) is 0 Å². The summed E-state index contributed by atoms with van der Waals surface area (Å²) < 4.78 is 20.2. The molecule has 0 aliphatic carbocycles. The number of benzene rings is 1. The lowest BCUT2D eigenvalue weighted by atomic mass is 10.3. The molecule has 1 N–H and O–H groups in total. The molecule has 1 atom stereocenters. The van der Waals surface area contributed by atoms with Gasteiger partial charge in [0.1, 0.15) is 5.75 Å². The topological polar surface area (TPSA) is 55.8 Å². The first-order valence-corrected chi connectivity index (χ1v) is 5.60. The van der Waals surface area contributed by atoms with Crippen LogP contribution in [0.1, 0.15) is 6.92 Å². The van der Waals surface area contributed by atoms with Gasteiger partial charge in [0, 0.05) is 0 Å². The van der Waals surface area contributed by atoms with Crippen molar-refractivity contribution in [1.29, 1.82) is 0 Å². The Bertz CT molecular complexity index is 290. The molecule has 72 valence electrons. The highest BCUT2D eigenvalue weighted by molar-refractivity contribution is 7.54. The van der Waals surface area contributed by atoms with Crippen LogP contribution in [0.3, 0.4) is 0 Å². The zero-order chi connectivity index (χ0) is 9.73. The molecule has 0 amide bonds. The summed E-state index contributed by atoms with van der Waals surface area (Å²) in [6.45, 7) is 1.61. The molecule has 0 aliphatic heterocycles. The van der Waals surface area contributed by atoms with E-state index in [1.165, 1.54) is 0 Å². The van der Waals surface area contributed by atoms with E-state index >= 15 is 0 Å². The van der Waals surface area contributed by atoms with Crippen LogP contribution in [0.4, 0.5) is 0 Å². The van der Waals surface area contributed by atoms with E-state index in [1.807, 2.05) is 6.07 Å². The van der Waals surface area contributed by atoms with Crippen molar-refractivity contribution in [2.75, 3.05) is 6.16 Å². The molecule has 1 rings (SSSR count). The minimum Gasteiger partial charge on any atom is -0.423 e. The van der Waals surface area contributed by atoms with E-state index in [0.29, 0.717) is 5.75 Å². The first-order valence-electron chi connectivity index (χ1n) is 3.87. The van der Waals surface area contributed by atoms with Gasteiger partial charge in [-0.3, -0.25) is 0 Å². The van der Waals surface area contributed by atoms with Crippen LogP contribution in [-0.2, 0) is 9.24 Å². The van der Waals surface area contributed by atoms with Crippen molar-refractivity contribution in [2.45, 2.75) is 6.92 Å². The summed E-state index contributed by atoms with van der Waals surface area (Å²) in [5.41, 5.74) is 0. The number of para-hydroxylation sites is 1. The maximum atomic E-state index is 11.4. The average Bonchev–Trinajstić information content (AvgIpc) is 2.19. The Balaban J connectivity index is 2.74. The zero-order valence-corrected chi connectivity index (χ0v) is 8.11. The summed E-state index contributed by atoms with van der Waals surface area (Å²) >= 11 is 0. The summed E-state index contributed by atoms with van der Waals surface area (Å²) in [5.74, 6) is 0.418. The number of hydrogen-bond acceptors (Lipinski definition) is 4. The molecular formula is C8H11O4P. The first-order chi connectivity index (χ1) is 6.20. The van der Waals surface area contributed by atoms with Gasteiger partial charge in [-0.25, -0.2) is 9.82 Å². The van der Waals surface area contributed by atoms with Gasteiger partial charge in [0.25, 0.3) is 0 Å². The fourth-order valence-corrected chi connectivity index (χ4v) is 1.50. The SMILES string of the molecule is CCP(=O)(OO)Oc1ccccc1. The van der Waals surface area contributed by atoms with Crippen LogP contribution in [0.15, 0.2) is 30.3 Å². The summed E-state index contributed by atoms with van der Waals surface area (Å²) in [6.07, 6.45) is 0.123. The quantitative estimate of drug-likeness (QED) is 0.463. The third-order valence-corrected chi connectivity index (χ3v) is 3.01. The van der Waals surface area contributed by atoms with Crippen molar-refractivity contribution < 1.29 is 19.0 Å². The molecule has 13 heavy (non-hydrogen) atoms. The second-order valence-corrected chi connectivity index (χ2v) is 4.61. The van der Waals surface area contributed by atoms with E-state index in [4.69, 9.17) is 9.78 Å². The van der Waals surface area contributed by atoms with Gasteiger partial charge in [0.05, 0.1) is 6.16 Å². The van der Waals surface area contributed by atoms with Crippen molar-refractivity contribution in [3.05, 3.63) is 30.3 Å². The Hall–Kier alpha value is -0.830. The summed E-state index contributed by atoms with van der Waals surface area (Å²) in [5, 5.41) is 8.36. The molecule has 5 heteroatoms. The predicted molar refractivity (Wildman–Crippen MR) is 48.9 cm³/mol. The fourth-order valence-electron chi connectivity index (χ4n) is 0.781. The van der Waals surface area contributed by atoms with Crippen LogP contribution in [0, 0.1) is 0 Å². The molecule has 1 unspecified atom stereocenters. The van der Waals surface area contributed by atoms with Gasteiger partial charge in [-0.15, -0.1) is 4.67 Å². The van der Waals surface area contributed by atoms with Crippen LogP contribution in [0.2, 0.25) is 0 Å². The maximum Gasteiger partial charge on any atom is 0.405 e. The molecule has 0 saturated carbocycles. The second-order valence-electron chi connectivity index (χ2n) is 2.41. The highest BCUT2D eigenvalue weighted by atomic mass is 31.2. The molecule has 0 spiro atoms. The molecule has 0 radical (unpaired) electrons. The Labute approximate surface area is 76.6 Å². The molecule has 0 heterocycles. The van der Waals surface area contributed by atoms with Crippen molar-refractivity contribution >= 4 is 7.60 Å². The minimum atomic E-state index is -3.35. The highest BCUT2D eigenvalue weighted by Gasteiger charge is 2.23. The highest BCUT2D eigenvalue weighted by Crippen LogP contribution is 2.46. The monoisotopic (exact) mass is 202 g/mol. The lowest BCUT2D eigenvalue weighted by Gasteiger charge is -2.12. The third-order valence-electron chi connectivity index (χ3n) is 1.50. The number of rotatable bonds is 4. The molecule has 0 fully saturated rings. The van der Waals surface area contributed by atoms with Gasteiger partial charge in [-0.2, -0.15) is 0 Å².